The Morgan fingerprint density at radius 3 is 2.81 bits per heavy atom. The maximum absolute atomic E-state index is 12.1. The average molecular weight is 359 g/mol. The normalized spacial score (nSPS) is 11.6. The largest absolute Gasteiger partial charge is 0.351 e. The lowest BCUT2D eigenvalue weighted by Crippen LogP contribution is -2.16. The van der Waals surface area contributed by atoms with Gasteiger partial charge in [-0.05, 0) is 36.8 Å². The Morgan fingerprint density at radius 1 is 1.07 bits per heavy atom. The van der Waals surface area contributed by atoms with E-state index in [9.17, 15) is 4.79 Å². The number of benzene rings is 2. The first kappa shape index (κ1) is 15.6. The van der Waals surface area contributed by atoms with Gasteiger partial charge < -0.3 is 14.5 Å². The van der Waals surface area contributed by atoms with Gasteiger partial charge in [-0.3, -0.25) is 4.57 Å². The zero-order valence-corrected chi connectivity index (χ0v) is 14.7. The number of aromatic amines is 2. The summed E-state index contributed by atoms with van der Waals surface area (Å²) < 4.78 is 7.19. The first-order chi connectivity index (χ1) is 13.2. The second-order valence-corrected chi connectivity index (χ2v) is 6.51. The van der Waals surface area contributed by atoms with Crippen molar-refractivity contribution in [3.05, 3.63) is 59.0 Å². The summed E-state index contributed by atoms with van der Waals surface area (Å²) in [5.74, 6) is 0.910. The van der Waals surface area contributed by atoms with Crippen LogP contribution in [0.5, 0.6) is 0 Å². The summed E-state index contributed by atoms with van der Waals surface area (Å²) in [6, 6.07) is 15.7. The molecule has 7 nitrogen and oxygen atoms in total. The Morgan fingerprint density at radius 2 is 1.96 bits per heavy atom. The number of rotatable bonds is 4. The summed E-state index contributed by atoms with van der Waals surface area (Å²) >= 11 is 0. The van der Waals surface area contributed by atoms with Crippen molar-refractivity contribution in [1.29, 1.82) is 0 Å². The Bertz CT molecular complexity index is 1290. The first-order valence-electron chi connectivity index (χ1n) is 8.87. The number of fused-ring (bicyclic) bond motifs is 2. The molecule has 0 fully saturated rings. The quantitative estimate of drug-likeness (QED) is 0.508. The molecule has 0 radical (unpaired) electrons. The highest BCUT2D eigenvalue weighted by molar-refractivity contribution is 5.85. The summed E-state index contributed by atoms with van der Waals surface area (Å²) in [5.41, 5.74) is 4.13. The summed E-state index contributed by atoms with van der Waals surface area (Å²) in [5, 5.41) is 5.19. The molecule has 5 aromatic rings. The summed E-state index contributed by atoms with van der Waals surface area (Å²) in [4.78, 5) is 22.8. The molecule has 0 atom stereocenters. The molecular weight excluding hydrogens is 342 g/mol. The van der Waals surface area contributed by atoms with Crippen LogP contribution in [0.15, 0.2) is 57.8 Å². The molecule has 7 heteroatoms. The molecular formula is C20H17N5O2. The van der Waals surface area contributed by atoms with Crippen LogP contribution >= 0.6 is 0 Å². The van der Waals surface area contributed by atoms with Gasteiger partial charge in [-0.1, -0.05) is 30.3 Å². The molecule has 134 valence electrons. The number of para-hydroxylation sites is 1. The molecule has 3 aromatic heterocycles. The minimum absolute atomic E-state index is 0.101. The van der Waals surface area contributed by atoms with E-state index >= 15 is 0 Å². The van der Waals surface area contributed by atoms with Crippen LogP contribution in [0.4, 0.5) is 0 Å². The molecule has 0 aliphatic heterocycles. The molecule has 2 N–H and O–H groups in total. The second-order valence-electron chi connectivity index (χ2n) is 6.51. The number of nitrogens with zero attached hydrogens (tertiary/aromatic N) is 3. The van der Waals surface area contributed by atoms with E-state index in [1.165, 1.54) is 0 Å². The van der Waals surface area contributed by atoms with Gasteiger partial charge in [-0.2, -0.15) is 4.98 Å². The van der Waals surface area contributed by atoms with Gasteiger partial charge in [0.25, 0.3) is 5.89 Å². The van der Waals surface area contributed by atoms with E-state index in [0.29, 0.717) is 18.3 Å². The van der Waals surface area contributed by atoms with Crippen molar-refractivity contribution in [2.75, 3.05) is 0 Å². The lowest BCUT2D eigenvalue weighted by Gasteiger charge is -2.00. The van der Waals surface area contributed by atoms with E-state index in [1.807, 2.05) is 55.5 Å². The van der Waals surface area contributed by atoms with Crippen LogP contribution in [0.2, 0.25) is 0 Å². The highest BCUT2D eigenvalue weighted by Gasteiger charge is 2.14. The SMILES string of the molecule is CCCn1c(=O)[nH]c2cc(-c3noc(-c4cc5ccccc5[nH]4)n3)ccc21. The minimum atomic E-state index is -0.101. The van der Waals surface area contributed by atoms with Crippen LogP contribution < -0.4 is 5.69 Å². The maximum Gasteiger partial charge on any atom is 0.326 e. The minimum Gasteiger partial charge on any atom is -0.351 e. The van der Waals surface area contributed by atoms with Gasteiger partial charge in [-0.25, -0.2) is 4.79 Å². The molecule has 0 aliphatic carbocycles. The van der Waals surface area contributed by atoms with Gasteiger partial charge in [-0.15, -0.1) is 0 Å². The number of hydrogen-bond donors (Lipinski definition) is 2. The smallest absolute Gasteiger partial charge is 0.326 e. The predicted octanol–water partition coefficient (Wildman–Crippen LogP) is 3.94. The fraction of sp³-hybridized carbons (Fsp3) is 0.150. The molecule has 2 aromatic carbocycles. The van der Waals surface area contributed by atoms with E-state index in [2.05, 4.69) is 20.1 Å². The Labute approximate surface area is 153 Å². The number of nitrogens with one attached hydrogen (secondary N) is 2. The van der Waals surface area contributed by atoms with Crippen molar-refractivity contribution < 1.29 is 4.52 Å². The van der Waals surface area contributed by atoms with E-state index < -0.39 is 0 Å². The van der Waals surface area contributed by atoms with Crippen LogP contribution in [-0.4, -0.2) is 24.7 Å². The molecule has 0 bridgehead atoms. The molecule has 0 saturated carbocycles. The lowest BCUT2D eigenvalue weighted by atomic mass is 10.2. The lowest BCUT2D eigenvalue weighted by molar-refractivity contribution is 0.431. The molecule has 5 rings (SSSR count). The highest BCUT2D eigenvalue weighted by atomic mass is 16.5. The van der Waals surface area contributed by atoms with Crippen LogP contribution in [0.25, 0.3) is 44.9 Å². The number of hydrogen-bond acceptors (Lipinski definition) is 4. The molecule has 0 spiro atoms. The van der Waals surface area contributed by atoms with Crippen LogP contribution in [0.3, 0.4) is 0 Å². The van der Waals surface area contributed by atoms with E-state index in [-0.39, 0.29) is 5.69 Å². The molecule has 27 heavy (non-hydrogen) atoms. The van der Waals surface area contributed by atoms with Crippen molar-refractivity contribution >= 4 is 21.9 Å². The third-order valence-electron chi connectivity index (χ3n) is 4.67. The maximum atomic E-state index is 12.1. The fourth-order valence-electron chi connectivity index (χ4n) is 3.39. The Hall–Kier alpha value is -3.61. The number of imidazole rings is 1. The molecule has 0 unspecified atom stereocenters. The van der Waals surface area contributed by atoms with E-state index in [4.69, 9.17) is 4.52 Å². The average Bonchev–Trinajstić information content (AvgIpc) is 3.38. The summed E-state index contributed by atoms with van der Waals surface area (Å²) in [6.45, 7) is 2.73. The first-order valence-corrected chi connectivity index (χ1v) is 8.87. The zero-order valence-electron chi connectivity index (χ0n) is 14.7. The standard InChI is InChI=1S/C20H17N5O2/c1-2-9-25-17-8-7-13(11-15(17)22-20(25)26)18-23-19(27-24-18)16-10-12-5-3-4-6-14(12)21-16/h3-8,10-11,21H,2,9H2,1H3,(H,22,26). The van der Waals surface area contributed by atoms with Crippen molar-refractivity contribution in [2.24, 2.45) is 0 Å². The number of aromatic nitrogens is 5. The van der Waals surface area contributed by atoms with Crippen molar-refractivity contribution in [3.63, 3.8) is 0 Å². The topological polar surface area (TPSA) is 92.5 Å². The number of aryl methyl sites for hydroxylation is 1. The van der Waals surface area contributed by atoms with Gasteiger partial charge in [0.15, 0.2) is 0 Å². The highest BCUT2D eigenvalue weighted by Crippen LogP contribution is 2.26. The third-order valence-corrected chi connectivity index (χ3v) is 4.67. The monoisotopic (exact) mass is 359 g/mol. The predicted molar refractivity (Wildman–Crippen MR) is 103 cm³/mol. The third kappa shape index (κ3) is 2.55. The summed E-state index contributed by atoms with van der Waals surface area (Å²) in [7, 11) is 0. The molecule has 0 amide bonds. The number of H-pyrrole nitrogens is 2. The van der Waals surface area contributed by atoms with Crippen molar-refractivity contribution in [1.82, 2.24) is 24.7 Å². The van der Waals surface area contributed by atoms with Crippen LogP contribution in [0.1, 0.15) is 13.3 Å². The van der Waals surface area contributed by atoms with Gasteiger partial charge in [0, 0.05) is 23.0 Å². The van der Waals surface area contributed by atoms with Gasteiger partial charge in [0.05, 0.1) is 11.0 Å². The Kier molecular flexibility index (Phi) is 3.46. The van der Waals surface area contributed by atoms with Crippen LogP contribution in [0, 0.1) is 0 Å². The van der Waals surface area contributed by atoms with Gasteiger partial charge >= 0.3 is 5.69 Å². The molecule has 0 saturated heterocycles. The van der Waals surface area contributed by atoms with Gasteiger partial charge in [0.1, 0.15) is 5.69 Å². The zero-order chi connectivity index (χ0) is 18.4. The Balaban J connectivity index is 1.54. The fourth-order valence-corrected chi connectivity index (χ4v) is 3.39. The molecule has 0 aliphatic rings. The second kappa shape index (κ2) is 5.98. The van der Waals surface area contributed by atoms with E-state index in [0.717, 1.165) is 39.6 Å². The van der Waals surface area contributed by atoms with E-state index in [1.54, 1.807) is 4.57 Å². The van der Waals surface area contributed by atoms with Gasteiger partial charge in [0.2, 0.25) is 5.82 Å². The van der Waals surface area contributed by atoms with Crippen molar-refractivity contribution in [2.45, 2.75) is 19.9 Å². The van der Waals surface area contributed by atoms with Crippen LogP contribution in [-0.2, 0) is 6.54 Å². The molecule has 3 heterocycles. The van der Waals surface area contributed by atoms with Crippen molar-refractivity contribution in [3.8, 4) is 23.0 Å². The summed E-state index contributed by atoms with van der Waals surface area (Å²) in [6.07, 6.45) is 0.896.